The predicted molar refractivity (Wildman–Crippen MR) is 79.2 cm³/mol. The van der Waals surface area contributed by atoms with Crippen LogP contribution in [0.25, 0.3) is 16.8 Å². The smallest absolute Gasteiger partial charge is 0.421 e. The third kappa shape index (κ3) is 2.56. The lowest BCUT2D eigenvalue weighted by Gasteiger charge is -2.14. The highest BCUT2D eigenvalue weighted by molar-refractivity contribution is 6.35. The highest BCUT2D eigenvalue weighted by Crippen LogP contribution is 2.32. The summed E-state index contributed by atoms with van der Waals surface area (Å²) in [5.41, 5.74) is -0.287. The number of alkyl halides is 3. The first-order valence-electron chi connectivity index (χ1n) is 6.47. The summed E-state index contributed by atoms with van der Waals surface area (Å²) in [4.78, 5) is 28.1. The molecule has 0 spiro atoms. The van der Waals surface area contributed by atoms with Gasteiger partial charge in [-0.3, -0.25) is 9.36 Å². The second-order valence-corrected chi connectivity index (χ2v) is 5.37. The number of nitrogen functional groups attached to an aromatic ring is 1. The van der Waals surface area contributed by atoms with Gasteiger partial charge in [-0.05, 0) is 6.07 Å². The summed E-state index contributed by atoms with van der Waals surface area (Å²) in [6, 6.07) is 0.478. The summed E-state index contributed by atoms with van der Waals surface area (Å²) < 4.78 is 58.3. The van der Waals surface area contributed by atoms with Crippen LogP contribution in [0.2, 0.25) is 5.02 Å². The Morgan fingerprint density at radius 3 is 2.52 bits per heavy atom. The molecule has 0 unspecified atom stereocenters. The first kappa shape index (κ1) is 17.0. The number of anilines is 1. The lowest BCUT2D eigenvalue weighted by Crippen LogP contribution is -2.41. The minimum absolute atomic E-state index is 0.149. The molecule has 0 fully saturated rings. The molecular weight excluding hydrogens is 372 g/mol. The summed E-state index contributed by atoms with van der Waals surface area (Å²) in [6.07, 6.45) is -4.95. The van der Waals surface area contributed by atoms with Gasteiger partial charge >= 0.3 is 11.9 Å². The monoisotopic (exact) mass is 378 g/mol. The molecule has 0 radical (unpaired) electrons. The second kappa shape index (κ2) is 5.34. The topological polar surface area (TPSA) is 96.1 Å². The molecule has 0 saturated heterocycles. The van der Waals surface area contributed by atoms with E-state index in [1.54, 1.807) is 0 Å². The van der Waals surface area contributed by atoms with Crippen LogP contribution >= 0.6 is 11.6 Å². The number of oxazole rings is 1. The number of benzene rings is 1. The molecule has 0 aliphatic carbocycles. The van der Waals surface area contributed by atoms with E-state index in [1.165, 1.54) is 0 Å². The first-order valence-corrected chi connectivity index (χ1v) is 6.85. The molecule has 0 aliphatic heterocycles. The average molecular weight is 379 g/mol. The van der Waals surface area contributed by atoms with E-state index >= 15 is 0 Å². The van der Waals surface area contributed by atoms with Crippen LogP contribution in [-0.4, -0.2) is 14.1 Å². The van der Waals surface area contributed by atoms with Crippen molar-refractivity contribution >= 4 is 28.7 Å². The fraction of sp³-hybridized carbons (Fsp3) is 0.154. The standard InChI is InChI=1S/C13H7ClF4N4O3/c1-21-6(13(16,17)18)3-7(23)22(12(21)24)9-5(15)2-4(14)8-10(9)25-11(19)20-8/h2-3H,1H3,(H2,19,20). The normalized spacial score (nSPS) is 12.1. The van der Waals surface area contributed by atoms with Crippen molar-refractivity contribution in [1.29, 1.82) is 0 Å². The quantitative estimate of drug-likeness (QED) is 0.654. The molecule has 0 saturated carbocycles. The number of fused-ring (bicyclic) bond motifs is 1. The van der Waals surface area contributed by atoms with Crippen molar-refractivity contribution in [3.63, 3.8) is 0 Å². The van der Waals surface area contributed by atoms with Crippen molar-refractivity contribution in [2.45, 2.75) is 6.18 Å². The molecule has 12 heteroatoms. The molecular formula is C13H7ClF4N4O3. The molecule has 2 aromatic heterocycles. The van der Waals surface area contributed by atoms with Crippen molar-refractivity contribution in [1.82, 2.24) is 14.1 Å². The zero-order valence-electron chi connectivity index (χ0n) is 12.2. The Balaban J connectivity index is 2.48. The largest absolute Gasteiger partial charge is 0.431 e. The Hall–Kier alpha value is -2.82. The van der Waals surface area contributed by atoms with Gasteiger partial charge in [0.05, 0.1) is 5.02 Å². The van der Waals surface area contributed by atoms with Crippen LogP contribution in [0.15, 0.2) is 26.1 Å². The van der Waals surface area contributed by atoms with Crippen LogP contribution in [0.4, 0.5) is 23.6 Å². The molecule has 0 amide bonds. The van der Waals surface area contributed by atoms with E-state index in [0.717, 1.165) is 13.1 Å². The molecule has 2 heterocycles. The van der Waals surface area contributed by atoms with Gasteiger partial charge in [-0.1, -0.05) is 11.6 Å². The van der Waals surface area contributed by atoms with Crippen molar-refractivity contribution in [2.24, 2.45) is 7.05 Å². The van der Waals surface area contributed by atoms with Gasteiger partial charge in [0.25, 0.3) is 11.6 Å². The van der Waals surface area contributed by atoms with Gasteiger partial charge in [0.1, 0.15) is 16.9 Å². The maximum Gasteiger partial charge on any atom is 0.431 e. The predicted octanol–water partition coefficient (Wildman–Crippen LogP) is 2.07. The van der Waals surface area contributed by atoms with Crippen molar-refractivity contribution in [2.75, 3.05) is 5.73 Å². The van der Waals surface area contributed by atoms with Gasteiger partial charge in [0.15, 0.2) is 11.4 Å². The minimum atomic E-state index is -4.95. The third-order valence-electron chi connectivity index (χ3n) is 3.40. The molecule has 0 aliphatic rings. The zero-order chi connectivity index (χ0) is 18.7. The van der Waals surface area contributed by atoms with E-state index < -0.39 is 46.2 Å². The first-order chi connectivity index (χ1) is 11.5. The van der Waals surface area contributed by atoms with E-state index in [9.17, 15) is 27.2 Å². The summed E-state index contributed by atoms with van der Waals surface area (Å²) in [6.45, 7) is 0. The summed E-state index contributed by atoms with van der Waals surface area (Å²) in [5.74, 6) is -1.17. The molecule has 132 valence electrons. The molecule has 25 heavy (non-hydrogen) atoms. The molecule has 3 rings (SSSR count). The minimum Gasteiger partial charge on any atom is -0.421 e. The van der Waals surface area contributed by atoms with Crippen molar-refractivity contribution in [3.8, 4) is 5.69 Å². The van der Waals surface area contributed by atoms with Crippen LogP contribution in [0, 0.1) is 5.82 Å². The van der Waals surface area contributed by atoms with Gasteiger partial charge in [-0.25, -0.2) is 13.8 Å². The van der Waals surface area contributed by atoms with E-state index in [0.29, 0.717) is 0 Å². The SMILES string of the molecule is Cn1c(C(F)(F)F)cc(=O)n(-c2c(F)cc(Cl)c3nc(N)oc23)c1=O. The number of rotatable bonds is 1. The Morgan fingerprint density at radius 1 is 1.28 bits per heavy atom. The lowest BCUT2D eigenvalue weighted by molar-refractivity contribution is -0.144. The molecule has 1 aromatic carbocycles. The maximum atomic E-state index is 14.4. The molecule has 2 N–H and O–H groups in total. The van der Waals surface area contributed by atoms with E-state index in [2.05, 4.69) is 4.98 Å². The van der Waals surface area contributed by atoms with Crippen LogP contribution in [0.5, 0.6) is 0 Å². The zero-order valence-corrected chi connectivity index (χ0v) is 12.9. The number of nitrogens with zero attached hydrogens (tertiary/aromatic N) is 3. The summed E-state index contributed by atoms with van der Waals surface area (Å²) in [5, 5.41) is -0.214. The Morgan fingerprint density at radius 2 is 1.92 bits per heavy atom. The third-order valence-corrected chi connectivity index (χ3v) is 3.69. The van der Waals surface area contributed by atoms with Crippen molar-refractivity contribution < 1.29 is 22.0 Å². The van der Waals surface area contributed by atoms with Gasteiger partial charge < -0.3 is 10.2 Å². The number of hydrogen-bond donors (Lipinski definition) is 1. The van der Waals surface area contributed by atoms with Gasteiger partial charge in [-0.15, -0.1) is 0 Å². The summed E-state index contributed by atoms with van der Waals surface area (Å²) >= 11 is 5.79. The summed E-state index contributed by atoms with van der Waals surface area (Å²) in [7, 11) is 0.793. The van der Waals surface area contributed by atoms with Gasteiger partial charge in [0.2, 0.25) is 0 Å². The van der Waals surface area contributed by atoms with Crippen LogP contribution in [0.3, 0.4) is 0 Å². The number of halogens is 5. The van der Waals surface area contributed by atoms with E-state index in [1.807, 2.05) is 0 Å². The molecule has 3 aromatic rings. The molecule has 0 atom stereocenters. The highest BCUT2D eigenvalue weighted by atomic mass is 35.5. The van der Waals surface area contributed by atoms with Crippen LogP contribution in [-0.2, 0) is 13.2 Å². The average Bonchev–Trinajstić information content (AvgIpc) is 2.87. The fourth-order valence-electron chi connectivity index (χ4n) is 2.33. The number of hydrogen-bond acceptors (Lipinski definition) is 5. The van der Waals surface area contributed by atoms with Gasteiger partial charge in [-0.2, -0.15) is 18.2 Å². The molecule has 7 nitrogen and oxygen atoms in total. The van der Waals surface area contributed by atoms with Crippen LogP contribution in [0.1, 0.15) is 5.69 Å². The highest BCUT2D eigenvalue weighted by Gasteiger charge is 2.35. The van der Waals surface area contributed by atoms with Crippen molar-refractivity contribution in [3.05, 3.63) is 49.5 Å². The van der Waals surface area contributed by atoms with Crippen LogP contribution < -0.4 is 17.0 Å². The lowest BCUT2D eigenvalue weighted by atomic mass is 10.2. The van der Waals surface area contributed by atoms with E-state index in [4.69, 9.17) is 21.8 Å². The van der Waals surface area contributed by atoms with Gasteiger partial charge in [0, 0.05) is 13.1 Å². The maximum absolute atomic E-state index is 14.4. The second-order valence-electron chi connectivity index (χ2n) is 4.96. The Bertz CT molecular complexity index is 1130. The fourth-order valence-corrected chi connectivity index (χ4v) is 2.55. The number of nitrogens with two attached hydrogens (primary N) is 1. The number of aromatic nitrogens is 3. The Kier molecular flexibility index (Phi) is 3.64. The molecule has 0 bridgehead atoms. The Labute approximate surface area is 139 Å². The van der Waals surface area contributed by atoms with E-state index in [-0.39, 0.29) is 25.7 Å².